The SMILES string of the molecule is CCCCc1cc(-c2ccccc2OCC(C)(C)COc2ccccc2-c2cc(CCCC)cc(-n3c4ccccc4c4ccccc43)c2O)c(O)c(-n2c3ccccc3c3ccccc32)c1.[Cl-].[Zr+4]. The van der Waals surface area contributed by atoms with Crippen LogP contribution in [0.4, 0.5) is 0 Å². The van der Waals surface area contributed by atoms with Crippen LogP contribution < -0.4 is 21.9 Å². The minimum atomic E-state index is -0.432. The van der Waals surface area contributed by atoms with Crippen LogP contribution in [0.15, 0.2) is 170 Å². The van der Waals surface area contributed by atoms with Gasteiger partial charge in [0, 0.05) is 49.2 Å². The van der Waals surface area contributed by atoms with Gasteiger partial charge in [0.05, 0.1) is 46.7 Å². The first-order valence-corrected chi connectivity index (χ1v) is 23.9. The second-order valence-corrected chi connectivity index (χ2v) is 18.7. The van der Waals surface area contributed by atoms with Gasteiger partial charge in [-0.3, -0.25) is 0 Å². The minimum absolute atomic E-state index is 0. The summed E-state index contributed by atoms with van der Waals surface area (Å²) in [5.41, 5.74) is 10.8. The van der Waals surface area contributed by atoms with Crippen molar-refractivity contribution < 1.29 is 58.3 Å². The summed E-state index contributed by atoms with van der Waals surface area (Å²) in [4.78, 5) is 0. The molecule has 10 rings (SSSR count). The summed E-state index contributed by atoms with van der Waals surface area (Å²) in [6.45, 7) is 9.43. The Morgan fingerprint density at radius 3 is 1.10 bits per heavy atom. The van der Waals surface area contributed by atoms with E-state index in [-0.39, 0.29) is 50.1 Å². The number of benzene rings is 8. The molecule has 2 N–H and O–H groups in total. The van der Waals surface area contributed by atoms with Crippen molar-refractivity contribution >= 4 is 43.6 Å². The molecule has 8 heteroatoms. The molecule has 6 nitrogen and oxygen atoms in total. The van der Waals surface area contributed by atoms with Gasteiger partial charge in [0.25, 0.3) is 0 Å². The maximum atomic E-state index is 12.4. The van der Waals surface area contributed by atoms with E-state index in [2.05, 4.69) is 158 Å². The first-order chi connectivity index (χ1) is 32.7. The molecule has 344 valence electrons. The summed E-state index contributed by atoms with van der Waals surface area (Å²) in [5, 5.41) is 29.4. The number of aryl methyl sites for hydroxylation is 2. The number of phenolic OH excluding ortho intramolecular Hbond substituents is 2. The summed E-state index contributed by atoms with van der Waals surface area (Å²) in [6.07, 6.45) is 6.00. The fourth-order valence-corrected chi connectivity index (χ4v) is 9.74. The van der Waals surface area contributed by atoms with Gasteiger partial charge >= 0.3 is 26.2 Å². The first-order valence-electron chi connectivity index (χ1n) is 23.9. The number of aromatic hydroxyl groups is 2. The Kier molecular flexibility index (Phi) is 15.1. The maximum Gasteiger partial charge on any atom is 4.00 e. The number of halogens is 1. The number of fused-ring (bicyclic) bond motifs is 6. The Labute approximate surface area is 430 Å². The Bertz CT molecular complexity index is 3090. The van der Waals surface area contributed by atoms with Crippen molar-refractivity contribution in [3.05, 3.63) is 181 Å². The number of phenols is 2. The Morgan fingerprint density at radius 1 is 0.435 bits per heavy atom. The summed E-state index contributed by atoms with van der Waals surface area (Å²) in [5.74, 6) is 1.81. The topological polar surface area (TPSA) is 68.8 Å². The smallest absolute Gasteiger partial charge is 1.00 e. The summed E-state index contributed by atoms with van der Waals surface area (Å²) < 4.78 is 17.9. The van der Waals surface area contributed by atoms with Crippen molar-refractivity contribution in [2.75, 3.05) is 13.2 Å². The molecule has 0 unspecified atom stereocenters. The monoisotopic (exact) mass is 1010 g/mol. The van der Waals surface area contributed by atoms with E-state index in [1.165, 1.54) is 0 Å². The normalized spacial score (nSPS) is 11.5. The first kappa shape index (κ1) is 49.2. The van der Waals surface area contributed by atoms with E-state index < -0.39 is 5.41 Å². The average molecular weight is 1010 g/mol. The molecule has 0 spiro atoms. The van der Waals surface area contributed by atoms with Crippen LogP contribution in [0.3, 0.4) is 0 Å². The van der Waals surface area contributed by atoms with Crippen molar-refractivity contribution in [3.8, 4) is 56.6 Å². The fourth-order valence-electron chi connectivity index (χ4n) is 9.74. The fraction of sp³-hybridized carbons (Fsp3) is 0.213. The maximum absolute atomic E-state index is 12.4. The molecule has 0 bridgehead atoms. The van der Waals surface area contributed by atoms with E-state index >= 15 is 0 Å². The molecule has 10 aromatic rings. The van der Waals surface area contributed by atoms with Crippen LogP contribution in [0.1, 0.15) is 64.5 Å². The summed E-state index contributed by atoms with van der Waals surface area (Å²) in [7, 11) is 0. The number of para-hydroxylation sites is 6. The molecular weight excluding hydrogens is 951 g/mol. The number of nitrogens with zero attached hydrogens (tertiary/aromatic N) is 2. The average Bonchev–Trinajstić information content (AvgIpc) is 3.88. The van der Waals surface area contributed by atoms with Crippen LogP contribution in [-0.2, 0) is 39.0 Å². The van der Waals surface area contributed by atoms with Gasteiger partial charge in [-0.1, -0.05) is 150 Å². The third-order valence-corrected chi connectivity index (χ3v) is 13.2. The number of unbranched alkanes of at least 4 members (excludes halogenated alkanes) is 2. The van der Waals surface area contributed by atoms with Gasteiger partial charge in [0.15, 0.2) is 0 Å². The summed E-state index contributed by atoms with van der Waals surface area (Å²) >= 11 is 0. The van der Waals surface area contributed by atoms with Gasteiger partial charge in [0.1, 0.15) is 23.0 Å². The van der Waals surface area contributed by atoms with Crippen LogP contribution in [0.5, 0.6) is 23.0 Å². The zero-order chi connectivity index (χ0) is 46.1. The van der Waals surface area contributed by atoms with E-state index in [0.29, 0.717) is 24.7 Å². The van der Waals surface area contributed by atoms with Crippen LogP contribution in [0.2, 0.25) is 0 Å². The second kappa shape index (κ2) is 21.2. The number of rotatable bonds is 16. The van der Waals surface area contributed by atoms with Crippen LogP contribution in [0.25, 0.3) is 77.2 Å². The van der Waals surface area contributed by atoms with Crippen molar-refractivity contribution in [3.63, 3.8) is 0 Å². The molecule has 0 saturated carbocycles. The number of hydrogen-bond acceptors (Lipinski definition) is 4. The molecule has 0 aliphatic carbocycles. The van der Waals surface area contributed by atoms with Gasteiger partial charge in [-0.05, 0) is 97.5 Å². The number of hydrogen-bond donors (Lipinski definition) is 2. The van der Waals surface area contributed by atoms with E-state index in [1.807, 2.05) is 48.5 Å². The van der Waals surface area contributed by atoms with Crippen molar-refractivity contribution in [2.45, 2.75) is 66.2 Å². The van der Waals surface area contributed by atoms with Crippen LogP contribution in [0, 0.1) is 5.41 Å². The van der Waals surface area contributed by atoms with Gasteiger partial charge < -0.3 is 41.2 Å². The molecule has 2 aromatic heterocycles. The van der Waals surface area contributed by atoms with Gasteiger partial charge in [-0.2, -0.15) is 0 Å². The molecule has 0 atom stereocenters. The largest absolute Gasteiger partial charge is 4.00 e. The molecule has 69 heavy (non-hydrogen) atoms. The van der Waals surface area contributed by atoms with Crippen LogP contribution >= 0.6 is 0 Å². The number of ether oxygens (including phenoxy) is 2. The summed E-state index contributed by atoms with van der Waals surface area (Å²) in [6, 6.07) is 58.3. The predicted molar refractivity (Wildman–Crippen MR) is 278 cm³/mol. The molecule has 0 fully saturated rings. The molecule has 0 amide bonds. The molecule has 0 radical (unpaired) electrons. The zero-order valence-corrected chi connectivity index (χ0v) is 43.0. The molecule has 0 aliphatic heterocycles. The third kappa shape index (κ3) is 9.57. The van der Waals surface area contributed by atoms with E-state index in [9.17, 15) is 10.2 Å². The Hall–Kier alpha value is -6.27. The Morgan fingerprint density at radius 2 is 0.754 bits per heavy atom. The predicted octanol–water partition coefficient (Wildman–Crippen LogP) is 12.8. The van der Waals surface area contributed by atoms with Crippen molar-refractivity contribution in [2.24, 2.45) is 5.41 Å². The quantitative estimate of drug-likeness (QED) is 0.101. The van der Waals surface area contributed by atoms with E-state index in [0.717, 1.165) is 127 Å². The molecule has 0 saturated heterocycles. The van der Waals surface area contributed by atoms with Gasteiger partial charge in [-0.15, -0.1) is 0 Å². The van der Waals surface area contributed by atoms with Gasteiger partial charge in [0.2, 0.25) is 0 Å². The van der Waals surface area contributed by atoms with E-state index in [4.69, 9.17) is 9.47 Å². The van der Waals surface area contributed by atoms with E-state index in [1.54, 1.807) is 0 Å². The molecule has 8 aromatic carbocycles. The zero-order valence-electron chi connectivity index (χ0n) is 39.8. The number of aromatic nitrogens is 2. The second-order valence-electron chi connectivity index (χ2n) is 18.7. The standard InChI is InChI=1S/C61H58N2O4.ClH.Zr/c1-5-7-21-41-35-49(59(64)55(37-41)62-51-29-15-9-23-43(51)44-24-10-16-30-52(44)62)47-27-13-19-33-57(47)66-39-61(3,4)40-67-58-34-20-14-28-48(58)50-36-42(22-8-6-2)38-56(60(50)65)63-53-31-17-11-25-45(53)46-26-12-18-32-54(46)63;;/h9-20,23-38,64-65H,5-8,21-22,39-40H2,1-4H3;1H;/q;;+4/p-1. The van der Waals surface area contributed by atoms with Gasteiger partial charge in [-0.25, -0.2) is 0 Å². The van der Waals surface area contributed by atoms with Crippen molar-refractivity contribution in [1.29, 1.82) is 0 Å². The Balaban J connectivity index is 0.00000321. The minimum Gasteiger partial charge on any atom is -1.00 e. The molecular formula is C61H58ClN2O4Zr+3. The van der Waals surface area contributed by atoms with Crippen molar-refractivity contribution in [1.82, 2.24) is 9.13 Å². The molecule has 0 aliphatic rings. The molecule has 2 heterocycles. The van der Waals surface area contributed by atoms with Crippen LogP contribution in [-0.4, -0.2) is 32.6 Å². The third-order valence-electron chi connectivity index (χ3n) is 13.2.